The van der Waals surface area contributed by atoms with E-state index in [1.54, 1.807) is 7.11 Å². The summed E-state index contributed by atoms with van der Waals surface area (Å²) < 4.78 is 5.17. The molecule has 1 amide bonds. The molecule has 0 bridgehead atoms. The molecule has 1 saturated carbocycles. The Balaban J connectivity index is 0.00000192. The zero-order valence-electron chi connectivity index (χ0n) is 14.0. The summed E-state index contributed by atoms with van der Waals surface area (Å²) in [5, 5.41) is 3.57. The van der Waals surface area contributed by atoms with Gasteiger partial charge in [0.25, 0.3) is 0 Å². The van der Waals surface area contributed by atoms with Gasteiger partial charge in [-0.15, -0.1) is 12.4 Å². The van der Waals surface area contributed by atoms with Crippen LogP contribution in [-0.4, -0.2) is 37.0 Å². The van der Waals surface area contributed by atoms with E-state index >= 15 is 0 Å². The van der Waals surface area contributed by atoms with Gasteiger partial charge in [0.1, 0.15) is 5.75 Å². The van der Waals surface area contributed by atoms with Crippen LogP contribution >= 0.6 is 12.4 Å². The molecule has 23 heavy (non-hydrogen) atoms. The van der Waals surface area contributed by atoms with Crippen molar-refractivity contribution in [3.63, 3.8) is 0 Å². The first-order chi connectivity index (χ1) is 10.7. The van der Waals surface area contributed by atoms with Gasteiger partial charge in [0.2, 0.25) is 5.91 Å². The van der Waals surface area contributed by atoms with E-state index in [2.05, 4.69) is 5.32 Å². The van der Waals surface area contributed by atoms with Crippen molar-refractivity contribution in [1.82, 2.24) is 10.2 Å². The predicted octanol–water partition coefficient (Wildman–Crippen LogP) is 3.00. The van der Waals surface area contributed by atoms with Gasteiger partial charge < -0.3 is 15.0 Å². The summed E-state index contributed by atoms with van der Waals surface area (Å²) in [5.74, 6) is 1.78. The molecule has 0 aromatic heterocycles. The third-order valence-electron chi connectivity index (χ3n) is 5.12. The minimum Gasteiger partial charge on any atom is -0.497 e. The SMILES string of the molecule is COc1ccc(CN(C)C(=O)C2CC3CCCCC3N2)cc1.Cl. The number of fused-ring (bicyclic) bond motifs is 1. The maximum absolute atomic E-state index is 12.7. The van der Waals surface area contributed by atoms with Crippen molar-refractivity contribution in [3.05, 3.63) is 29.8 Å². The number of nitrogens with one attached hydrogen (secondary N) is 1. The van der Waals surface area contributed by atoms with Gasteiger partial charge in [-0.1, -0.05) is 25.0 Å². The Morgan fingerprint density at radius 2 is 1.96 bits per heavy atom. The first-order valence-corrected chi connectivity index (χ1v) is 8.31. The topological polar surface area (TPSA) is 41.6 Å². The monoisotopic (exact) mass is 338 g/mol. The largest absolute Gasteiger partial charge is 0.497 e. The Bertz CT molecular complexity index is 506. The summed E-state index contributed by atoms with van der Waals surface area (Å²) >= 11 is 0. The van der Waals surface area contributed by atoms with Crippen LogP contribution in [0, 0.1) is 5.92 Å². The van der Waals surface area contributed by atoms with E-state index in [1.165, 1.54) is 25.7 Å². The van der Waals surface area contributed by atoms with E-state index in [1.807, 2.05) is 36.2 Å². The molecule has 1 aromatic carbocycles. The van der Waals surface area contributed by atoms with Crippen LogP contribution < -0.4 is 10.1 Å². The van der Waals surface area contributed by atoms with Crippen LogP contribution in [0.1, 0.15) is 37.7 Å². The molecule has 0 spiro atoms. The molecule has 5 heteroatoms. The van der Waals surface area contributed by atoms with E-state index in [0.29, 0.717) is 18.5 Å². The second-order valence-electron chi connectivity index (χ2n) is 6.65. The fraction of sp³-hybridized carbons (Fsp3) is 0.611. The summed E-state index contributed by atoms with van der Waals surface area (Å²) in [6, 6.07) is 8.49. The van der Waals surface area contributed by atoms with Gasteiger partial charge >= 0.3 is 0 Å². The first kappa shape index (κ1) is 18.1. The number of likely N-dealkylation sites (N-methyl/N-ethyl adjacent to an activating group) is 1. The van der Waals surface area contributed by atoms with Crippen molar-refractivity contribution in [2.75, 3.05) is 14.2 Å². The third-order valence-corrected chi connectivity index (χ3v) is 5.12. The normalized spacial score (nSPS) is 26.1. The van der Waals surface area contributed by atoms with Gasteiger partial charge in [-0.05, 0) is 42.9 Å². The summed E-state index contributed by atoms with van der Waals surface area (Å²) in [6.45, 7) is 0.649. The molecular formula is C18H27ClN2O2. The van der Waals surface area contributed by atoms with Crippen molar-refractivity contribution < 1.29 is 9.53 Å². The number of hydrogen-bond acceptors (Lipinski definition) is 3. The highest BCUT2D eigenvalue weighted by Crippen LogP contribution is 2.33. The number of hydrogen-bond donors (Lipinski definition) is 1. The van der Waals surface area contributed by atoms with Crippen molar-refractivity contribution in [2.45, 2.75) is 50.7 Å². The van der Waals surface area contributed by atoms with Crippen molar-refractivity contribution in [1.29, 1.82) is 0 Å². The van der Waals surface area contributed by atoms with Crippen molar-refractivity contribution in [2.24, 2.45) is 5.92 Å². The number of halogens is 1. The van der Waals surface area contributed by atoms with Crippen LogP contribution in [-0.2, 0) is 11.3 Å². The fourth-order valence-electron chi connectivity index (χ4n) is 3.86. The smallest absolute Gasteiger partial charge is 0.239 e. The Hall–Kier alpha value is -1.26. The summed E-state index contributed by atoms with van der Waals surface area (Å²) in [6.07, 6.45) is 6.15. The van der Waals surface area contributed by atoms with Crippen LogP contribution in [0.25, 0.3) is 0 Å². The van der Waals surface area contributed by atoms with Crippen LogP contribution in [0.2, 0.25) is 0 Å². The van der Waals surface area contributed by atoms with Crippen LogP contribution in [0.15, 0.2) is 24.3 Å². The number of nitrogens with zero attached hydrogens (tertiary/aromatic N) is 1. The number of benzene rings is 1. The zero-order chi connectivity index (χ0) is 15.5. The molecule has 2 aliphatic rings. The summed E-state index contributed by atoms with van der Waals surface area (Å²) in [5.41, 5.74) is 1.13. The van der Waals surface area contributed by atoms with Crippen molar-refractivity contribution >= 4 is 18.3 Å². The molecule has 1 aliphatic heterocycles. The van der Waals surface area contributed by atoms with Gasteiger partial charge in [-0.3, -0.25) is 4.79 Å². The molecule has 1 aromatic rings. The molecule has 3 rings (SSSR count). The Morgan fingerprint density at radius 1 is 1.26 bits per heavy atom. The quantitative estimate of drug-likeness (QED) is 0.917. The average molecular weight is 339 g/mol. The van der Waals surface area contributed by atoms with Gasteiger partial charge in [0, 0.05) is 19.6 Å². The molecular weight excluding hydrogens is 312 g/mol. The van der Waals surface area contributed by atoms with Crippen molar-refractivity contribution in [3.8, 4) is 5.75 Å². The number of amides is 1. The second kappa shape index (κ2) is 8.02. The first-order valence-electron chi connectivity index (χ1n) is 8.31. The number of carbonyl (C=O) groups excluding carboxylic acids is 1. The lowest BCUT2D eigenvalue weighted by atomic mass is 9.85. The molecule has 3 unspecified atom stereocenters. The number of rotatable bonds is 4. The van der Waals surface area contributed by atoms with Gasteiger partial charge in [-0.25, -0.2) is 0 Å². The summed E-state index contributed by atoms with van der Waals surface area (Å²) in [7, 11) is 3.56. The zero-order valence-corrected chi connectivity index (χ0v) is 14.8. The number of carbonyl (C=O) groups is 1. The van der Waals surface area contributed by atoms with Crippen LogP contribution in [0.3, 0.4) is 0 Å². The van der Waals surface area contributed by atoms with Crippen LogP contribution in [0.4, 0.5) is 0 Å². The van der Waals surface area contributed by atoms with E-state index < -0.39 is 0 Å². The predicted molar refractivity (Wildman–Crippen MR) is 94.0 cm³/mol. The molecule has 0 radical (unpaired) electrons. The lowest BCUT2D eigenvalue weighted by molar-refractivity contribution is -0.132. The van der Waals surface area contributed by atoms with E-state index in [4.69, 9.17) is 4.74 Å². The average Bonchev–Trinajstić information content (AvgIpc) is 2.98. The molecule has 3 atom stereocenters. The maximum atomic E-state index is 12.7. The number of ether oxygens (including phenoxy) is 1. The Labute approximate surface area is 145 Å². The maximum Gasteiger partial charge on any atom is 0.239 e. The highest BCUT2D eigenvalue weighted by atomic mass is 35.5. The third kappa shape index (κ3) is 4.18. The molecule has 1 N–H and O–H groups in total. The molecule has 4 nitrogen and oxygen atoms in total. The molecule has 128 valence electrons. The highest BCUT2D eigenvalue weighted by Gasteiger charge is 2.39. The van der Waals surface area contributed by atoms with E-state index in [-0.39, 0.29) is 24.4 Å². The van der Waals surface area contributed by atoms with E-state index in [9.17, 15) is 4.79 Å². The molecule has 2 fully saturated rings. The summed E-state index contributed by atoms with van der Waals surface area (Å²) in [4.78, 5) is 14.5. The Kier molecular flexibility index (Phi) is 6.31. The lowest BCUT2D eigenvalue weighted by Crippen LogP contribution is -2.43. The molecule has 1 saturated heterocycles. The minimum absolute atomic E-state index is 0. The van der Waals surface area contributed by atoms with Gasteiger partial charge in [0.15, 0.2) is 0 Å². The lowest BCUT2D eigenvalue weighted by Gasteiger charge is -2.24. The standard InChI is InChI=1S/C18H26N2O2.ClH/c1-20(12-13-7-9-15(22-2)10-8-13)18(21)17-11-14-5-3-4-6-16(14)19-17;/h7-10,14,16-17,19H,3-6,11-12H2,1-2H3;1H. The van der Waals surface area contributed by atoms with Crippen LogP contribution in [0.5, 0.6) is 5.75 Å². The second-order valence-corrected chi connectivity index (χ2v) is 6.65. The molecule has 1 aliphatic carbocycles. The van der Waals surface area contributed by atoms with E-state index in [0.717, 1.165) is 17.7 Å². The fourth-order valence-corrected chi connectivity index (χ4v) is 3.86. The highest BCUT2D eigenvalue weighted by molar-refractivity contribution is 5.85. The minimum atomic E-state index is 0. The molecule has 1 heterocycles. The van der Waals surface area contributed by atoms with Gasteiger partial charge in [-0.2, -0.15) is 0 Å². The van der Waals surface area contributed by atoms with Gasteiger partial charge in [0.05, 0.1) is 13.2 Å². The Morgan fingerprint density at radius 3 is 2.61 bits per heavy atom. The number of methoxy groups -OCH3 is 1.